The molecule has 96 valence electrons. The van der Waals surface area contributed by atoms with Crippen molar-refractivity contribution in [3.05, 3.63) is 0 Å². The Balaban J connectivity index is 4.01. The molecule has 0 heterocycles. The molecule has 0 radical (unpaired) electrons. The summed E-state index contributed by atoms with van der Waals surface area (Å²) in [6.07, 6.45) is 0.397. The molecule has 0 rings (SSSR count). The maximum absolute atomic E-state index is 11.7. The van der Waals surface area contributed by atoms with E-state index in [-0.39, 0.29) is 11.8 Å². The summed E-state index contributed by atoms with van der Waals surface area (Å²) >= 11 is 0. The molecule has 0 aliphatic rings. The molecule has 3 N–H and O–H groups in total. The van der Waals surface area contributed by atoms with Crippen LogP contribution in [-0.2, 0) is 14.3 Å². The van der Waals surface area contributed by atoms with E-state index < -0.39 is 6.29 Å². The molecule has 1 atom stereocenters. The van der Waals surface area contributed by atoms with Crippen LogP contribution in [-0.4, -0.2) is 39.5 Å². The Morgan fingerprint density at radius 1 is 1.31 bits per heavy atom. The van der Waals surface area contributed by atoms with Crippen molar-refractivity contribution in [2.75, 3.05) is 27.3 Å². The number of hydrogen-bond acceptors (Lipinski definition) is 4. The predicted octanol–water partition coefficient (Wildman–Crippen LogP) is 0.343. The summed E-state index contributed by atoms with van der Waals surface area (Å²) < 4.78 is 9.95. The molecule has 0 fully saturated rings. The Bertz CT molecular complexity index is 194. The Morgan fingerprint density at radius 2 is 1.88 bits per heavy atom. The van der Waals surface area contributed by atoms with Crippen molar-refractivity contribution in [1.29, 1.82) is 0 Å². The summed E-state index contributed by atoms with van der Waals surface area (Å²) in [5.74, 6) is 0.296. The van der Waals surface area contributed by atoms with Crippen LogP contribution in [0.1, 0.15) is 20.3 Å². The molecule has 0 aliphatic heterocycles. The van der Waals surface area contributed by atoms with Crippen molar-refractivity contribution < 1.29 is 14.3 Å². The maximum atomic E-state index is 11.7. The average Bonchev–Trinajstić information content (AvgIpc) is 2.26. The van der Waals surface area contributed by atoms with Crippen LogP contribution in [0, 0.1) is 11.8 Å². The molecule has 0 spiro atoms. The lowest BCUT2D eigenvalue weighted by Crippen LogP contribution is -2.40. The van der Waals surface area contributed by atoms with Crippen LogP contribution in [0.4, 0.5) is 0 Å². The summed E-state index contributed by atoms with van der Waals surface area (Å²) in [7, 11) is 3.07. The molecular weight excluding hydrogens is 208 g/mol. The van der Waals surface area contributed by atoms with Gasteiger partial charge in [0.25, 0.3) is 0 Å². The molecule has 1 unspecified atom stereocenters. The Morgan fingerprint density at radius 3 is 2.25 bits per heavy atom. The fraction of sp³-hybridized carbons (Fsp3) is 0.909. The van der Waals surface area contributed by atoms with E-state index in [2.05, 4.69) is 19.2 Å². The number of ether oxygens (including phenoxy) is 2. The van der Waals surface area contributed by atoms with E-state index in [0.717, 1.165) is 6.42 Å². The van der Waals surface area contributed by atoms with Crippen LogP contribution in [0.15, 0.2) is 0 Å². The molecule has 0 aromatic heterocycles. The van der Waals surface area contributed by atoms with Crippen molar-refractivity contribution in [2.24, 2.45) is 17.6 Å². The molecule has 0 aromatic carbocycles. The molecule has 1 amide bonds. The standard InChI is InChI=1S/C11H24N2O3/c1-8(2)5-9(6-12)11(14)13-7-10(15-3)16-4/h8-10H,5-7,12H2,1-4H3,(H,13,14). The lowest BCUT2D eigenvalue weighted by Gasteiger charge is -2.19. The highest BCUT2D eigenvalue weighted by atomic mass is 16.7. The first kappa shape index (κ1) is 15.3. The van der Waals surface area contributed by atoms with E-state index in [1.807, 2.05) is 0 Å². The predicted molar refractivity (Wildman–Crippen MR) is 62.8 cm³/mol. The Kier molecular flexibility index (Phi) is 8.15. The van der Waals surface area contributed by atoms with Crippen molar-refractivity contribution in [2.45, 2.75) is 26.6 Å². The summed E-state index contributed by atoms with van der Waals surface area (Å²) in [5, 5.41) is 2.77. The second-order valence-electron chi connectivity index (χ2n) is 4.21. The van der Waals surface area contributed by atoms with Gasteiger partial charge in [-0.25, -0.2) is 0 Å². The molecule has 16 heavy (non-hydrogen) atoms. The molecular formula is C11H24N2O3. The summed E-state index contributed by atoms with van der Waals surface area (Å²) in [6.45, 7) is 4.86. The number of methoxy groups -OCH3 is 2. The maximum Gasteiger partial charge on any atom is 0.224 e. The minimum atomic E-state index is -0.401. The molecule has 0 saturated carbocycles. The Labute approximate surface area is 97.7 Å². The van der Waals surface area contributed by atoms with Gasteiger partial charge in [-0.3, -0.25) is 4.79 Å². The third kappa shape index (κ3) is 6.05. The molecule has 0 aromatic rings. The van der Waals surface area contributed by atoms with E-state index >= 15 is 0 Å². The van der Waals surface area contributed by atoms with Crippen LogP contribution in [0.3, 0.4) is 0 Å². The van der Waals surface area contributed by atoms with E-state index in [1.165, 1.54) is 14.2 Å². The number of carbonyl (C=O) groups excluding carboxylic acids is 1. The van der Waals surface area contributed by atoms with Crippen molar-refractivity contribution in [3.63, 3.8) is 0 Å². The fourth-order valence-electron chi connectivity index (χ4n) is 1.47. The van der Waals surface area contributed by atoms with Gasteiger partial charge in [0.2, 0.25) is 5.91 Å². The zero-order valence-electron chi connectivity index (χ0n) is 10.7. The second kappa shape index (κ2) is 8.50. The van der Waals surface area contributed by atoms with Gasteiger partial charge >= 0.3 is 0 Å². The van der Waals surface area contributed by atoms with E-state index in [4.69, 9.17) is 15.2 Å². The topological polar surface area (TPSA) is 73.6 Å². The van der Waals surface area contributed by atoms with Gasteiger partial charge in [-0.05, 0) is 12.3 Å². The van der Waals surface area contributed by atoms with Crippen molar-refractivity contribution >= 4 is 5.91 Å². The van der Waals surface area contributed by atoms with E-state index in [0.29, 0.717) is 19.0 Å². The van der Waals surface area contributed by atoms with Crippen LogP contribution in [0.25, 0.3) is 0 Å². The first-order chi connectivity index (χ1) is 7.54. The highest BCUT2D eigenvalue weighted by Gasteiger charge is 2.18. The first-order valence-electron chi connectivity index (χ1n) is 5.58. The van der Waals surface area contributed by atoms with Crippen LogP contribution >= 0.6 is 0 Å². The van der Waals surface area contributed by atoms with Crippen molar-refractivity contribution in [3.8, 4) is 0 Å². The Hall–Kier alpha value is -0.650. The molecule has 0 saturated heterocycles. The first-order valence-corrected chi connectivity index (χ1v) is 5.58. The van der Waals surface area contributed by atoms with Gasteiger partial charge in [0.05, 0.1) is 12.5 Å². The number of rotatable bonds is 8. The lowest BCUT2D eigenvalue weighted by molar-refractivity contribution is -0.131. The highest BCUT2D eigenvalue weighted by Crippen LogP contribution is 2.10. The number of hydrogen-bond donors (Lipinski definition) is 2. The van der Waals surface area contributed by atoms with Gasteiger partial charge in [-0.2, -0.15) is 0 Å². The quantitative estimate of drug-likeness (QED) is 0.592. The van der Waals surface area contributed by atoms with Crippen LogP contribution in [0.5, 0.6) is 0 Å². The number of carbonyl (C=O) groups is 1. The molecule has 5 heteroatoms. The van der Waals surface area contributed by atoms with E-state index in [9.17, 15) is 4.79 Å². The largest absolute Gasteiger partial charge is 0.354 e. The van der Waals surface area contributed by atoms with E-state index in [1.54, 1.807) is 0 Å². The number of nitrogens with one attached hydrogen (secondary N) is 1. The zero-order chi connectivity index (χ0) is 12.6. The number of nitrogens with two attached hydrogens (primary N) is 1. The molecule has 5 nitrogen and oxygen atoms in total. The molecule has 0 bridgehead atoms. The lowest BCUT2D eigenvalue weighted by atomic mass is 9.96. The highest BCUT2D eigenvalue weighted by molar-refractivity contribution is 5.78. The normalized spacial score (nSPS) is 13.2. The fourth-order valence-corrected chi connectivity index (χ4v) is 1.47. The minimum Gasteiger partial charge on any atom is -0.354 e. The van der Waals surface area contributed by atoms with Gasteiger partial charge < -0.3 is 20.5 Å². The van der Waals surface area contributed by atoms with Crippen LogP contribution < -0.4 is 11.1 Å². The number of amides is 1. The smallest absolute Gasteiger partial charge is 0.224 e. The van der Waals surface area contributed by atoms with Gasteiger partial charge in [-0.15, -0.1) is 0 Å². The summed E-state index contributed by atoms with van der Waals surface area (Å²) in [4.78, 5) is 11.7. The van der Waals surface area contributed by atoms with Gasteiger partial charge in [-0.1, -0.05) is 13.8 Å². The van der Waals surface area contributed by atoms with Gasteiger partial charge in [0.1, 0.15) is 0 Å². The zero-order valence-corrected chi connectivity index (χ0v) is 10.7. The second-order valence-corrected chi connectivity index (χ2v) is 4.21. The summed E-state index contributed by atoms with van der Waals surface area (Å²) in [5.41, 5.74) is 5.57. The monoisotopic (exact) mass is 232 g/mol. The molecule has 0 aliphatic carbocycles. The average molecular weight is 232 g/mol. The van der Waals surface area contributed by atoms with Gasteiger partial charge in [0.15, 0.2) is 6.29 Å². The van der Waals surface area contributed by atoms with Crippen molar-refractivity contribution in [1.82, 2.24) is 5.32 Å². The van der Waals surface area contributed by atoms with Crippen LogP contribution in [0.2, 0.25) is 0 Å². The summed E-state index contributed by atoms with van der Waals surface area (Å²) in [6, 6.07) is 0. The van der Waals surface area contributed by atoms with Gasteiger partial charge in [0, 0.05) is 20.8 Å². The third-order valence-corrected chi connectivity index (χ3v) is 2.38. The third-order valence-electron chi connectivity index (χ3n) is 2.38. The minimum absolute atomic E-state index is 0.0321. The SMILES string of the molecule is COC(CNC(=O)C(CN)CC(C)C)OC.